The highest BCUT2D eigenvalue weighted by Gasteiger charge is 2.68. The molecule has 0 radical (unpaired) electrons. The Morgan fingerprint density at radius 3 is 2.80 bits per heavy atom. The van der Waals surface area contributed by atoms with Crippen LogP contribution in [0, 0.1) is 23.2 Å². The van der Waals surface area contributed by atoms with Gasteiger partial charge in [-0.1, -0.05) is 32.9 Å². The minimum Gasteiger partial charge on any atom is -0.404 e. The molecule has 2 amide bonds. The number of rotatable bonds is 10. The van der Waals surface area contributed by atoms with Gasteiger partial charge in [0.1, 0.15) is 5.65 Å². The average molecular weight is 633 g/mol. The van der Waals surface area contributed by atoms with Crippen molar-refractivity contribution in [1.29, 1.82) is 0 Å². The number of carbonyl (C=O) groups excluding carboxylic acids is 2. The number of pyridine rings is 1. The molecule has 2 aliphatic heterocycles. The van der Waals surface area contributed by atoms with Gasteiger partial charge in [0.15, 0.2) is 0 Å². The summed E-state index contributed by atoms with van der Waals surface area (Å²) in [6.07, 6.45) is 8.58. The summed E-state index contributed by atoms with van der Waals surface area (Å²) in [5, 5.41) is 12.4. The first kappa shape index (κ1) is 30.4. The van der Waals surface area contributed by atoms with Gasteiger partial charge < -0.3 is 29.2 Å². The maximum absolute atomic E-state index is 14.3. The number of oxime groups is 1. The van der Waals surface area contributed by atoms with Crippen molar-refractivity contribution in [2.45, 2.75) is 90.0 Å². The average Bonchev–Trinajstić information content (AvgIpc) is 3.81. The molecule has 3 aromatic heterocycles. The van der Waals surface area contributed by atoms with Crippen molar-refractivity contribution >= 4 is 41.6 Å². The van der Waals surface area contributed by atoms with E-state index >= 15 is 0 Å². The van der Waals surface area contributed by atoms with Gasteiger partial charge in [-0.25, -0.2) is 9.97 Å². The number of fused-ring (bicyclic) bond motifs is 1. The lowest BCUT2D eigenvalue weighted by molar-refractivity contribution is -0.199. The van der Waals surface area contributed by atoms with Gasteiger partial charge in [-0.15, -0.1) is 11.3 Å². The summed E-state index contributed by atoms with van der Waals surface area (Å²) in [5.41, 5.74) is 2.62. The topological polar surface area (TPSA) is 128 Å². The lowest BCUT2D eigenvalue weighted by Gasteiger charge is -2.64. The minimum absolute atomic E-state index is 0.0175. The Hall–Kier alpha value is -3.29. The fourth-order valence-corrected chi connectivity index (χ4v) is 8.63. The number of carbonyl (C=O) groups is 2. The number of amides is 2. The van der Waals surface area contributed by atoms with Crippen LogP contribution in [-0.4, -0.2) is 68.8 Å². The summed E-state index contributed by atoms with van der Waals surface area (Å²) in [6.45, 7) is 11.3. The quantitative estimate of drug-likeness (QED) is 0.323. The standard InChI is InChI=1S/C32H41BN6O5S/c1-19(2)11-26(33-42-25-13-20-12-24(30(20,3)4)31(25,5)43-33)37-29(41)32(15-22-17-45-18-36-22)14-21(38-44-32)16-35-28(40)23-7-6-9-39-10-8-34-27(23)39/h6-10,17-20,24-26H,11-16H2,1-5H3,(H,35,40)(H,37,41)/t20-,24-,25+,26-,31-,32?/m0/s1. The third kappa shape index (κ3) is 5.26. The molecule has 13 heteroatoms. The molecule has 4 fully saturated rings. The molecule has 0 aromatic carbocycles. The lowest BCUT2D eigenvalue weighted by atomic mass is 9.43. The van der Waals surface area contributed by atoms with Gasteiger partial charge in [0.2, 0.25) is 5.60 Å². The molecule has 8 rings (SSSR count). The van der Waals surface area contributed by atoms with Crippen LogP contribution in [0.1, 0.15) is 76.4 Å². The Morgan fingerprint density at radius 1 is 1.20 bits per heavy atom. The van der Waals surface area contributed by atoms with E-state index in [2.05, 4.69) is 60.4 Å². The number of nitrogens with one attached hydrogen (secondary N) is 2. The molecule has 11 nitrogen and oxygen atoms in total. The second-order valence-corrected chi connectivity index (χ2v) is 15.1. The Labute approximate surface area is 267 Å². The normalized spacial score (nSPS) is 30.4. The van der Waals surface area contributed by atoms with Crippen LogP contribution in [0.3, 0.4) is 0 Å². The highest BCUT2D eigenvalue weighted by molar-refractivity contribution is 7.07. The zero-order valence-electron chi connectivity index (χ0n) is 26.5. The molecule has 5 heterocycles. The van der Waals surface area contributed by atoms with E-state index < -0.39 is 12.7 Å². The molecule has 3 aliphatic carbocycles. The number of hydrogen-bond acceptors (Lipinski definition) is 9. The monoisotopic (exact) mass is 632 g/mol. The summed E-state index contributed by atoms with van der Waals surface area (Å²) < 4.78 is 15.2. The zero-order chi connectivity index (χ0) is 31.6. The van der Waals surface area contributed by atoms with Gasteiger partial charge in [-0.2, -0.15) is 0 Å². The smallest absolute Gasteiger partial charge is 0.404 e. The van der Waals surface area contributed by atoms with Crippen molar-refractivity contribution in [3.8, 4) is 0 Å². The number of nitrogens with zero attached hydrogens (tertiary/aromatic N) is 4. The first-order valence-electron chi connectivity index (χ1n) is 15.9. The van der Waals surface area contributed by atoms with Crippen molar-refractivity contribution in [1.82, 2.24) is 25.0 Å². The second-order valence-electron chi connectivity index (χ2n) is 14.4. The predicted octanol–water partition coefficient (Wildman–Crippen LogP) is 4.08. The number of thiazole rings is 1. The molecule has 0 spiro atoms. The maximum atomic E-state index is 14.3. The first-order valence-corrected chi connectivity index (χ1v) is 16.9. The summed E-state index contributed by atoms with van der Waals surface area (Å²) in [4.78, 5) is 42.1. The molecule has 1 unspecified atom stereocenters. The van der Waals surface area contributed by atoms with Crippen LogP contribution in [0.15, 0.2) is 46.8 Å². The van der Waals surface area contributed by atoms with Crippen molar-refractivity contribution in [3.63, 3.8) is 0 Å². The van der Waals surface area contributed by atoms with E-state index in [9.17, 15) is 9.59 Å². The van der Waals surface area contributed by atoms with Crippen LogP contribution in [0.2, 0.25) is 0 Å². The van der Waals surface area contributed by atoms with Gasteiger partial charge in [-0.3, -0.25) is 9.59 Å². The lowest BCUT2D eigenvalue weighted by Crippen LogP contribution is -2.65. The highest BCUT2D eigenvalue weighted by Crippen LogP contribution is 2.65. The van der Waals surface area contributed by atoms with E-state index in [1.165, 1.54) is 11.3 Å². The molecule has 1 saturated heterocycles. The zero-order valence-corrected chi connectivity index (χ0v) is 27.3. The molecule has 238 valence electrons. The molecular weight excluding hydrogens is 591 g/mol. The van der Waals surface area contributed by atoms with E-state index in [1.54, 1.807) is 34.4 Å². The molecule has 2 bridgehead atoms. The Kier molecular flexibility index (Phi) is 7.56. The first-order chi connectivity index (χ1) is 21.5. The summed E-state index contributed by atoms with van der Waals surface area (Å²) in [5.74, 6) is 0.427. The Balaban J connectivity index is 1.07. The Morgan fingerprint density at radius 2 is 2.04 bits per heavy atom. The van der Waals surface area contributed by atoms with Crippen LogP contribution in [0.4, 0.5) is 0 Å². The van der Waals surface area contributed by atoms with Crippen LogP contribution in [0.5, 0.6) is 0 Å². The maximum Gasteiger partial charge on any atom is 0.481 e. The van der Waals surface area contributed by atoms with Crippen molar-refractivity contribution in [2.24, 2.45) is 28.3 Å². The van der Waals surface area contributed by atoms with Gasteiger partial charge in [0.25, 0.3) is 11.8 Å². The van der Waals surface area contributed by atoms with Crippen LogP contribution in [-0.2, 0) is 25.4 Å². The number of aromatic nitrogens is 3. The van der Waals surface area contributed by atoms with Crippen LogP contribution < -0.4 is 10.6 Å². The van der Waals surface area contributed by atoms with Crippen LogP contribution >= 0.6 is 11.3 Å². The molecule has 45 heavy (non-hydrogen) atoms. The SMILES string of the molecule is CC(C)C[C@H](NC(=O)C1(Cc2cscn2)CC(CNC(=O)c2cccn3ccnc23)=NO1)B1O[C@@H]2C[C@@H]3C[C@@H](C3(C)C)[C@]2(C)O1. The second kappa shape index (κ2) is 11.2. The fraction of sp³-hybridized carbons (Fsp3) is 0.594. The van der Waals surface area contributed by atoms with Gasteiger partial charge in [-0.05, 0) is 61.5 Å². The van der Waals surface area contributed by atoms with Gasteiger partial charge in [0, 0.05) is 36.8 Å². The van der Waals surface area contributed by atoms with Crippen molar-refractivity contribution in [3.05, 3.63) is 52.9 Å². The summed E-state index contributed by atoms with van der Waals surface area (Å²) in [7, 11) is -0.552. The summed E-state index contributed by atoms with van der Waals surface area (Å²) >= 11 is 1.46. The molecule has 5 aliphatic rings. The number of imidazole rings is 1. The van der Waals surface area contributed by atoms with E-state index in [4.69, 9.17) is 14.1 Å². The van der Waals surface area contributed by atoms with E-state index in [-0.39, 0.29) is 54.3 Å². The molecule has 3 saturated carbocycles. The minimum atomic E-state index is -1.31. The highest BCUT2D eigenvalue weighted by atomic mass is 32.1. The largest absolute Gasteiger partial charge is 0.481 e. The van der Waals surface area contributed by atoms with Crippen molar-refractivity contribution in [2.75, 3.05) is 6.54 Å². The van der Waals surface area contributed by atoms with Gasteiger partial charge in [0.05, 0.1) is 46.7 Å². The van der Waals surface area contributed by atoms with E-state index in [0.29, 0.717) is 41.1 Å². The van der Waals surface area contributed by atoms with Crippen molar-refractivity contribution < 1.29 is 23.7 Å². The van der Waals surface area contributed by atoms with E-state index in [1.807, 2.05) is 11.6 Å². The fourth-order valence-electron chi connectivity index (χ4n) is 8.08. The molecule has 6 atom stereocenters. The predicted molar refractivity (Wildman–Crippen MR) is 171 cm³/mol. The van der Waals surface area contributed by atoms with E-state index in [0.717, 1.165) is 18.5 Å². The summed E-state index contributed by atoms with van der Waals surface area (Å²) in [6, 6.07) is 3.53. The third-order valence-corrected chi connectivity index (χ3v) is 11.3. The van der Waals surface area contributed by atoms with Crippen LogP contribution in [0.25, 0.3) is 5.65 Å². The molecular formula is C32H41BN6O5S. The molecule has 2 N–H and O–H groups in total. The van der Waals surface area contributed by atoms with Gasteiger partial charge >= 0.3 is 7.12 Å². The Bertz CT molecular complexity index is 1630. The molecule has 3 aromatic rings. The number of hydrogen-bond donors (Lipinski definition) is 2. The third-order valence-electron chi connectivity index (χ3n) is 10.7.